The minimum absolute atomic E-state index is 0.152. The SMILES string of the molecule is CN=C(NCCc1cn2cccc(C)c2n1)NC1CC(C)(C)Oc2ccccc21. The van der Waals surface area contributed by atoms with E-state index in [2.05, 4.69) is 65.2 Å². The van der Waals surface area contributed by atoms with E-state index in [0.29, 0.717) is 0 Å². The highest BCUT2D eigenvalue weighted by molar-refractivity contribution is 5.80. The maximum absolute atomic E-state index is 6.13. The number of nitrogens with zero attached hydrogens (tertiary/aromatic N) is 3. The first-order chi connectivity index (χ1) is 13.9. The van der Waals surface area contributed by atoms with E-state index in [9.17, 15) is 0 Å². The van der Waals surface area contributed by atoms with Gasteiger partial charge in [0.05, 0.1) is 11.7 Å². The van der Waals surface area contributed by atoms with Gasteiger partial charge in [0, 0.05) is 44.4 Å². The lowest BCUT2D eigenvalue weighted by Crippen LogP contribution is -2.45. The molecule has 0 amide bonds. The zero-order valence-corrected chi connectivity index (χ0v) is 17.6. The first-order valence-electron chi connectivity index (χ1n) is 10.1. The van der Waals surface area contributed by atoms with E-state index < -0.39 is 0 Å². The Morgan fingerprint density at radius 1 is 1.28 bits per heavy atom. The van der Waals surface area contributed by atoms with Crippen LogP contribution in [0.2, 0.25) is 0 Å². The average molecular weight is 392 g/mol. The van der Waals surface area contributed by atoms with Crippen LogP contribution in [0.15, 0.2) is 53.8 Å². The number of hydrogen-bond acceptors (Lipinski definition) is 3. The first-order valence-corrected chi connectivity index (χ1v) is 10.1. The minimum atomic E-state index is -0.223. The van der Waals surface area contributed by atoms with Crippen LogP contribution in [0.5, 0.6) is 5.75 Å². The Morgan fingerprint density at radius 2 is 2.10 bits per heavy atom. The van der Waals surface area contributed by atoms with Crippen molar-refractivity contribution in [3.63, 3.8) is 0 Å². The predicted octanol–water partition coefficient (Wildman–Crippen LogP) is 3.65. The number of pyridine rings is 1. The standard InChI is InChI=1S/C23H29N5O/c1-16-8-7-13-28-15-17(26-21(16)28)11-12-25-22(24-4)27-19-14-23(2,3)29-20-10-6-5-9-18(19)20/h5-10,13,15,19H,11-12,14H2,1-4H3,(H2,24,25,27). The zero-order chi connectivity index (χ0) is 20.4. The molecule has 0 radical (unpaired) electrons. The van der Waals surface area contributed by atoms with Crippen molar-refractivity contribution in [2.75, 3.05) is 13.6 Å². The van der Waals surface area contributed by atoms with Gasteiger partial charge < -0.3 is 19.8 Å². The minimum Gasteiger partial charge on any atom is -0.487 e. The number of aromatic nitrogens is 2. The van der Waals surface area contributed by atoms with Crippen molar-refractivity contribution in [3.05, 3.63) is 65.6 Å². The number of para-hydroxylation sites is 1. The molecule has 0 saturated heterocycles. The van der Waals surface area contributed by atoms with Crippen LogP contribution in [0, 0.1) is 6.92 Å². The lowest BCUT2D eigenvalue weighted by Gasteiger charge is -2.38. The fraction of sp³-hybridized carbons (Fsp3) is 0.391. The number of aliphatic imine (C=N–C) groups is 1. The van der Waals surface area contributed by atoms with Crippen molar-refractivity contribution in [1.29, 1.82) is 0 Å². The number of benzene rings is 1. The Hall–Kier alpha value is -3.02. The molecular formula is C23H29N5O. The van der Waals surface area contributed by atoms with Crippen LogP contribution >= 0.6 is 0 Å². The third-order valence-corrected chi connectivity index (χ3v) is 5.31. The fourth-order valence-corrected chi connectivity index (χ4v) is 3.92. The molecule has 1 aliphatic heterocycles. The number of rotatable bonds is 4. The van der Waals surface area contributed by atoms with Gasteiger partial charge in [0.25, 0.3) is 0 Å². The lowest BCUT2D eigenvalue weighted by atomic mass is 9.90. The molecule has 0 fully saturated rings. The second-order valence-corrected chi connectivity index (χ2v) is 8.20. The molecule has 0 bridgehead atoms. The van der Waals surface area contributed by atoms with Gasteiger partial charge in [-0.15, -0.1) is 0 Å². The second kappa shape index (κ2) is 7.78. The molecule has 6 nitrogen and oxygen atoms in total. The Morgan fingerprint density at radius 3 is 2.90 bits per heavy atom. The Bertz CT molecular complexity index is 1040. The summed E-state index contributed by atoms with van der Waals surface area (Å²) < 4.78 is 8.21. The van der Waals surface area contributed by atoms with Gasteiger partial charge in [-0.3, -0.25) is 4.99 Å². The molecule has 3 heterocycles. The molecule has 1 atom stereocenters. The Balaban J connectivity index is 1.40. The van der Waals surface area contributed by atoms with E-state index in [-0.39, 0.29) is 11.6 Å². The van der Waals surface area contributed by atoms with Crippen LogP contribution < -0.4 is 15.4 Å². The Labute approximate surface area is 172 Å². The highest BCUT2D eigenvalue weighted by Crippen LogP contribution is 2.39. The number of nitrogens with one attached hydrogen (secondary N) is 2. The monoisotopic (exact) mass is 391 g/mol. The molecule has 1 unspecified atom stereocenters. The molecule has 6 heteroatoms. The van der Waals surface area contributed by atoms with Gasteiger partial charge in [-0.25, -0.2) is 4.98 Å². The molecular weight excluding hydrogens is 362 g/mol. The van der Waals surface area contributed by atoms with Gasteiger partial charge in [-0.1, -0.05) is 24.3 Å². The number of ether oxygens (including phenoxy) is 1. The van der Waals surface area contributed by atoms with E-state index in [1.54, 1.807) is 7.05 Å². The number of imidazole rings is 1. The van der Waals surface area contributed by atoms with Gasteiger partial charge in [0.1, 0.15) is 17.0 Å². The summed E-state index contributed by atoms with van der Waals surface area (Å²) >= 11 is 0. The largest absolute Gasteiger partial charge is 0.487 e. The lowest BCUT2D eigenvalue weighted by molar-refractivity contribution is 0.0694. The summed E-state index contributed by atoms with van der Waals surface area (Å²) in [5.41, 5.74) is 4.22. The Kier molecular flexibility index (Phi) is 5.18. The molecule has 0 aliphatic carbocycles. The summed E-state index contributed by atoms with van der Waals surface area (Å²) in [4.78, 5) is 9.16. The van der Waals surface area contributed by atoms with Crippen LogP contribution in [0.1, 0.15) is 43.1 Å². The normalized spacial score (nSPS) is 18.2. The van der Waals surface area contributed by atoms with Gasteiger partial charge in [-0.2, -0.15) is 0 Å². The summed E-state index contributed by atoms with van der Waals surface area (Å²) in [6.45, 7) is 7.10. The van der Waals surface area contributed by atoms with Crippen molar-refractivity contribution in [1.82, 2.24) is 20.0 Å². The van der Waals surface area contributed by atoms with Crippen molar-refractivity contribution in [2.24, 2.45) is 4.99 Å². The maximum atomic E-state index is 6.13. The summed E-state index contributed by atoms with van der Waals surface area (Å²) in [6, 6.07) is 12.5. The maximum Gasteiger partial charge on any atom is 0.191 e. The third kappa shape index (κ3) is 4.21. The molecule has 3 aromatic rings. The van der Waals surface area contributed by atoms with Crippen molar-refractivity contribution in [2.45, 2.75) is 45.3 Å². The summed E-state index contributed by atoms with van der Waals surface area (Å²) in [6.07, 6.45) is 5.84. The van der Waals surface area contributed by atoms with Crippen LogP contribution in [0.3, 0.4) is 0 Å². The van der Waals surface area contributed by atoms with Crippen molar-refractivity contribution >= 4 is 11.6 Å². The van der Waals surface area contributed by atoms with Crippen LogP contribution in [-0.2, 0) is 6.42 Å². The van der Waals surface area contributed by atoms with E-state index >= 15 is 0 Å². The van der Waals surface area contributed by atoms with Crippen LogP contribution in [0.4, 0.5) is 0 Å². The molecule has 4 rings (SSSR count). The highest BCUT2D eigenvalue weighted by Gasteiger charge is 2.33. The van der Waals surface area contributed by atoms with Gasteiger partial charge in [-0.05, 0) is 38.5 Å². The van der Waals surface area contributed by atoms with Gasteiger partial charge >= 0.3 is 0 Å². The van der Waals surface area contributed by atoms with Crippen LogP contribution in [0.25, 0.3) is 5.65 Å². The molecule has 2 N–H and O–H groups in total. The van der Waals surface area contributed by atoms with E-state index in [4.69, 9.17) is 9.72 Å². The molecule has 0 saturated carbocycles. The molecule has 0 spiro atoms. The van der Waals surface area contributed by atoms with E-state index in [0.717, 1.165) is 42.4 Å². The molecule has 1 aromatic carbocycles. The molecule has 1 aliphatic rings. The highest BCUT2D eigenvalue weighted by atomic mass is 16.5. The van der Waals surface area contributed by atoms with Crippen molar-refractivity contribution in [3.8, 4) is 5.75 Å². The molecule has 29 heavy (non-hydrogen) atoms. The topological polar surface area (TPSA) is 63.0 Å². The number of guanidine groups is 1. The summed E-state index contributed by atoms with van der Waals surface area (Å²) in [5, 5.41) is 7.00. The van der Waals surface area contributed by atoms with Crippen LogP contribution in [-0.4, -0.2) is 34.5 Å². The number of hydrogen-bond donors (Lipinski definition) is 2. The average Bonchev–Trinajstić information content (AvgIpc) is 3.10. The van der Waals surface area contributed by atoms with E-state index in [1.807, 2.05) is 24.4 Å². The number of aryl methyl sites for hydroxylation is 1. The fourth-order valence-electron chi connectivity index (χ4n) is 3.92. The third-order valence-electron chi connectivity index (χ3n) is 5.31. The van der Waals surface area contributed by atoms with Crippen molar-refractivity contribution < 1.29 is 4.74 Å². The van der Waals surface area contributed by atoms with E-state index in [1.165, 1.54) is 11.1 Å². The first kappa shape index (κ1) is 19.3. The number of fused-ring (bicyclic) bond motifs is 2. The smallest absolute Gasteiger partial charge is 0.191 e. The summed E-state index contributed by atoms with van der Waals surface area (Å²) in [7, 11) is 1.81. The molecule has 152 valence electrons. The molecule has 2 aromatic heterocycles. The van der Waals surface area contributed by atoms with Gasteiger partial charge in [0.2, 0.25) is 0 Å². The van der Waals surface area contributed by atoms with Gasteiger partial charge in [0.15, 0.2) is 5.96 Å². The predicted molar refractivity (Wildman–Crippen MR) is 117 cm³/mol. The summed E-state index contributed by atoms with van der Waals surface area (Å²) in [5.74, 6) is 1.74. The zero-order valence-electron chi connectivity index (χ0n) is 17.6. The quantitative estimate of drug-likeness (QED) is 0.526. The second-order valence-electron chi connectivity index (χ2n) is 8.20.